The van der Waals surface area contributed by atoms with Crippen molar-refractivity contribution >= 4 is 11.3 Å². The molecule has 2 rings (SSSR count). The maximum Gasteiger partial charge on any atom is 0.159 e. The first-order valence-corrected chi connectivity index (χ1v) is 3.32. The Morgan fingerprint density at radius 1 is 1.45 bits per heavy atom. The van der Waals surface area contributed by atoms with Crippen LogP contribution in [0.4, 0.5) is 5.69 Å². The quantitative estimate of drug-likeness (QED) is 0.595. The molecule has 0 spiro atoms. The summed E-state index contributed by atoms with van der Waals surface area (Å²) in [7, 11) is 0. The van der Waals surface area contributed by atoms with E-state index in [1.165, 1.54) is 0 Å². The second-order valence-electron chi connectivity index (χ2n) is 2.45. The number of rotatable bonds is 0. The Bertz CT molecular complexity index is 390. The Morgan fingerprint density at radius 3 is 3.09 bits per heavy atom. The molecule has 0 aliphatic carbocycles. The monoisotopic (exact) mass is 148 g/mol. The second-order valence-corrected chi connectivity index (χ2v) is 2.45. The molecule has 2 heterocycles. The first-order chi connectivity index (χ1) is 5.27. The first-order valence-electron chi connectivity index (χ1n) is 3.32. The first kappa shape index (κ1) is 6.15. The number of nitrogen functional groups attached to an aromatic ring is 1. The number of hydrogen-bond acceptors (Lipinski definition) is 3. The molecule has 0 aliphatic rings. The molecule has 56 valence electrons. The molecule has 0 fully saturated rings. The Hall–Kier alpha value is -1.58. The van der Waals surface area contributed by atoms with Crippen LogP contribution in [0.25, 0.3) is 5.65 Å². The Labute approximate surface area is 63.7 Å². The molecule has 0 aliphatic heterocycles. The average Bonchev–Trinajstić information content (AvgIpc) is 2.32. The van der Waals surface area contributed by atoms with Crippen LogP contribution in [0.15, 0.2) is 18.7 Å². The van der Waals surface area contributed by atoms with Crippen LogP contribution in [0.3, 0.4) is 0 Å². The van der Waals surface area contributed by atoms with E-state index in [4.69, 9.17) is 5.73 Å². The zero-order valence-corrected chi connectivity index (χ0v) is 6.15. The summed E-state index contributed by atoms with van der Waals surface area (Å²) in [4.78, 5) is 8.20. The van der Waals surface area contributed by atoms with Gasteiger partial charge in [0, 0.05) is 6.20 Å². The normalized spacial score (nSPS) is 10.6. The highest BCUT2D eigenvalue weighted by atomic mass is 15.1. The fourth-order valence-corrected chi connectivity index (χ4v) is 1.03. The van der Waals surface area contributed by atoms with Crippen molar-refractivity contribution in [3.05, 3.63) is 24.4 Å². The van der Waals surface area contributed by atoms with Gasteiger partial charge in [-0.1, -0.05) is 0 Å². The van der Waals surface area contributed by atoms with Gasteiger partial charge in [0.25, 0.3) is 0 Å². The summed E-state index contributed by atoms with van der Waals surface area (Å²) < 4.78 is 1.81. The van der Waals surface area contributed by atoms with Gasteiger partial charge < -0.3 is 5.73 Å². The summed E-state index contributed by atoms with van der Waals surface area (Å²) >= 11 is 0. The molecule has 0 unspecified atom stereocenters. The van der Waals surface area contributed by atoms with Gasteiger partial charge in [-0.3, -0.25) is 4.40 Å². The molecule has 2 aromatic rings. The van der Waals surface area contributed by atoms with Crippen LogP contribution >= 0.6 is 0 Å². The van der Waals surface area contributed by atoms with Crippen LogP contribution in [-0.2, 0) is 0 Å². The van der Waals surface area contributed by atoms with Gasteiger partial charge in [-0.2, -0.15) is 0 Å². The minimum atomic E-state index is 0.648. The van der Waals surface area contributed by atoms with Crippen LogP contribution in [0.5, 0.6) is 0 Å². The summed E-state index contributed by atoms with van der Waals surface area (Å²) in [5, 5.41) is 0. The number of hydrogen-bond donors (Lipinski definition) is 1. The third-order valence-corrected chi connectivity index (χ3v) is 1.57. The molecule has 0 saturated carbocycles. The molecule has 0 radical (unpaired) electrons. The number of nitrogens with two attached hydrogens (primary N) is 1. The van der Waals surface area contributed by atoms with Crippen LogP contribution in [0.2, 0.25) is 0 Å². The van der Waals surface area contributed by atoms with Gasteiger partial charge in [0.2, 0.25) is 0 Å². The van der Waals surface area contributed by atoms with Crippen molar-refractivity contribution in [3.8, 4) is 0 Å². The lowest BCUT2D eigenvalue weighted by Gasteiger charge is -1.94. The van der Waals surface area contributed by atoms with Crippen LogP contribution in [-0.4, -0.2) is 14.4 Å². The van der Waals surface area contributed by atoms with E-state index < -0.39 is 0 Å². The van der Waals surface area contributed by atoms with Crippen molar-refractivity contribution in [1.29, 1.82) is 0 Å². The molecule has 2 aromatic heterocycles. The SMILES string of the molecule is Cc1ncn2cc(N)cnc12. The largest absolute Gasteiger partial charge is 0.396 e. The maximum absolute atomic E-state index is 5.52. The van der Waals surface area contributed by atoms with E-state index in [1.54, 1.807) is 18.7 Å². The van der Waals surface area contributed by atoms with Gasteiger partial charge in [0.15, 0.2) is 5.65 Å². The van der Waals surface area contributed by atoms with Crippen molar-refractivity contribution < 1.29 is 0 Å². The fourth-order valence-electron chi connectivity index (χ4n) is 1.03. The van der Waals surface area contributed by atoms with Gasteiger partial charge in [-0.05, 0) is 6.92 Å². The highest BCUT2D eigenvalue weighted by Crippen LogP contribution is 2.06. The fraction of sp³-hybridized carbons (Fsp3) is 0.143. The van der Waals surface area contributed by atoms with Crippen LogP contribution in [0, 0.1) is 6.92 Å². The van der Waals surface area contributed by atoms with E-state index >= 15 is 0 Å². The summed E-state index contributed by atoms with van der Waals surface area (Å²) in [5.74, 6) is 0. The van der Waals surface area contributed by atoms with Crippen molar-refractivity contribution in [2.45, 2.75) is 6.92 Å². The standard InChI is InChI=1S/C7H8N4/c1-5-7-9-2-6(8)3-11(7)4-10-5/h2-4H,8H2,1H3. The summed E-state index contributed by atoms with van der Waals surface area (Å²) in [6.45, 7) is 1.92. The number of aryl methyl sites for hydroxylation is 1. The van der Waals surface area contributed by atoms with Gasteiger partial charge in [0.05, 0.1) is 17.6 Å². The van der Waals surface area contributed by atoms with E-state index in [-0.39, 0.29) is 0 Å². The summed E-state index contributed by atoms with van der Waals surface area (Å²) in [5.41, 5.74) is 7.95. The summed E-state index contributed by atoms with van der Waals surface area (Å²) in [6, 6.07) is 0. The molecule has 4 heteroatoms. The van der Waals surface area contributed by atoms with Crippen molar-refractivity contribution in [3.63, 3.8) is 0 Å². The van der Waals surface area contributed by atoms with Crippen molar-refractivity contribution in [1.82, 2.24) is 14.4 Å². The molecular weight excluding hydrogens is 140 g/mol. The number of fused-ring (bicyclic) bond motifs is 1. The lowest BCUT2D eigenvalue weighted by molar-refractivity contribution is 1.11. The molecule has 0 atom stereocenters. The Kier molecular flexibility index (Phi) is 1.09. The number of imidazole rings is 1. The van der Waals surface area contributed by atoms with Crippen molar-refractivity contribution in [2.24, 2.45) is 0 Å². The molecule has 2 N–H and O–H groups in total. The minimum Gasteiger partial charge on any atom is -0.396 e. The lowest BCUT2D eigenvalue weighted by atomic mass is 10.5. The highest BCUT2D eigenvalue weighted by molar-refractivity contribution is 5.47. The van der Waals surface area contributed by atoms with Crippen molar-refractivity contribution in [2.75, 3.05) is 5.73 Å². The lowest BCUT2D eigenvalue weighted by Crippen LogP contribution is -1.91. The van der Waals surface area contributed by atoms with E-state index in [1.807, 2.05) is 11.3 Å². The zero-order valence-electron chi connectivity index (χ0n) is 6.15. The van der Waals surface area contributed by atoms with E-state index in [2.05, 4.69) is 9.97 Å². The number of anilines is 1. The minimum absolute atomic E-state index is 0.648. The van der Waals surface area contributed by atoms with E-state index in [9.17, 15) is 0 Å². The number of aromatic nitrogens is 3. The van der Waals surface area contributed by atoms with Crippen LogP contribution in [0.1, 0.15) is 5.69 Å². The Morgan fingerprint density at radius 2 is 2.27 bits per heavy atom. The zero-order chi connectivity index (χ0) is 7.84. The molecule has 0 aromatic carbocycles. The second kappa shape index (κ2) is 1.95. The predicted molar refractivity (Wildman–Crippen MR) is 42.1 cm³/mol. The maximum atomic E-state index is 5.52. The van der Waals surface area contributed by atoms with E-state index in [0.717, 1.165) is 11.3 Å². The molecule has 0 bridgehead atoms. The highest BCUT2D eigenvalue weighted by Gasteiger charge is 1.98. The third-order valence-electron chi connectivity index (χ3n) is 1.57. The molecule has 11 heavy (non-hydrogen) atoms. The topological polar surface area (TPSA) is 56.2 Å². The molecular formula is C7H8N4. The smallest absolute Gasteiger partial charge is 0.159 e. The third kappa shape index (κ3) is 0.832. The molecule has 0 amide bonds. The van der Waals surface area contributed by atoms with Gasteiger partial charge in [-0.25, -0.2) is 9.97 Å². The van der Waals surface area contributed by atoms with E-state index in [0.29, 0.717) is 5.69 Å². The summed E-state index contributed by atoms with van der Waals surface area (Å²) in [6.07, 6.45) is 5.13. The number of nitrogens with zero attached hydrogens (tertiary/aromatic N) is 3. The molecule has 0 saturated heterocycles. The molecule has 4 nitrogen and oxygen atoms in total. The average molecular weight is 148 g/mol. The Balaban J connectivity index is 2.86. The van der Waals surface area contributed by atoms with Gasteiger partial charge in [-0.15, -0.1) is 0 Å². The predicted octanol–water partition coefficient (Wildman–Crippen LogP) is 0.620. The van der Waals surface area contributed by atoms with Crippen LogP contribution < -0.4 is 5.73 Å². The van der Waals surface area contributed by atoms with Gasteiger partial charge in [0.1, 0.15) is 6.33 Å². The van der Waals surface area contributed by atoms with Gasteiger partial charge >= 0.3 is 0 Å².